The van der Waals surface area contributed by atoms with E-state index in [-0.39, 0.29) is 13.0 Å². The van der Waals surface area contributed by atoms with Crippen molar-refractivity contribution in [1.82, 2.24) is 9.55 Å². The molecule has 3 atom stereocenters. The molecular formula is C16H18N2O5S. The quantitative estimate of drug-likeness (QED) is 0.696. The first-order valence-electron chi connectivity index (χ1n) is 7.47. The maximum atomic E-state index is 12.2. The van der Waals surface area contributed by atoms with Crippen molar-refractivity contribution in [3.8, 4) is 11.1 Å². The monoisotopic (exact) mass is 350 g/mol. The molecule has 1 aliphatic rings. The summed E-state index contributed by atoms with van der Waals surface area (Å²) in [6.45, 7) is -0.335. The zero-order valence-corrected chi connectivity index (χ0v) is 13.8. The van der Waals surface area contributed by atoms with Crippen LogP contribution in [0.25, 0.3) is 11.1 Å². The fourth-order valence-corrected chi connectivity index (χ4v) is 3.21. The van der Waals surface area contributed by atoms with Crippen molar-refractivity contribution in [2.75, 3.05) is 12.9 Å². The highest BCUT2D eigenvalue weighted by Gasteiger charge is 2.35. The molecule has 0 saturated carbocycles. The number of aromatic amines is 1. The number of nitrogens with one attached hydrogen (secondary N) is 1. The zero-order valence-electron chi connectivity index (χ0n) is 13.0. The van der Waals surface area contributed by atoms with Gasteiger partial charge in [-0.3, -0.25) is 14.3 Å². The average molecular weight is 350 g/mol. The highest BCUT2D eigenvalue weighted by Crippen LogP contribution is 2.28. The van der Waals surface area contributed by atoms with Crippen LogP contribution in [0, 0.1) is 0 Å². The lowest BCUT2D eigenvalue weighted by Gasteiger charge is -2.15. The van der Waals surface area contributed by atoms with Crippen LogP contribution in [0.1, 0.15) is 12.6 Å². The molecule has 2 heterocycles. The first-order valence-corrected chi connectivity index (χ1v) is 8.70. The number of hydrogen-bond acceptors (Lipinski definition) is 6. The van der Waals surface area contributed by atoms with Crippen molar-refractivity contribution < 1.29 is 14.9 Å². The number of aliphatic hydroxyl groups is 2. The minimum atomic E-state index is -0.859. The first kappa shape index (κ1) is 17.0. The van der Waals surface area contributed by atoms with Gasteiger partial charge < -0.3 is 14.9 Å². The molecule has 0 aliphatic carbocycles. The maximum absolute atomic E-state index is 12.2. The van der Waals surface area contributed by atoms with E-state index in [2.05, 4.69) is 4.98 Å². The summed E-state index contributed by atoms with van der Waals surface area (Å²) >= 11 is 1.55. The Morgan fingerprint density at radius 1 is 1.42 bits per heavy atom. The molecule has 0 unspecified atom stereocenters. The van der Waals surface area contributed by atoms with E-state index in [1.54, 1.807) is 17.8 Å². The zero-order chi connectivity index (χ0) is 17.3. The number of rotatable bonds is 4. The van der Waals surface area contributed by atoms with Gasteiger partial charge in [-0.2, -0.15) is 0 Å². The Balaban J connectivity index is 2.04. The van der Waals surface area contributed by atoms with Gasteiger partial charge in [0.05, 0.1) is 18.3 Å². The van der Waals surface area contributed by atoms with Crippen molar-refractivity contribution in [1.29, 1.82) is 0 Å². The third-order valence-electron chi connectivity index (χ3n) is 4.04. The van der Waals surface area contributed by atoms with Gasteiger partial charge >= 0.3 is 5.69 Å². The molecule has 1 aromatic carbocycles. The summed E-state index contributed by atoms with van der Waals surface area (Å²) in [4.78, 5) is 27.6. The highest BCUT2D eigenvalue weighted by atomic mass is 32.2. The summed E-state index contributed by atoms with van der Waals surface area (Å²) in [5, 5.41) is 19.0. The SMILES string of the molecule is CSc1cccc(-c2cn([C@H]3C[C@H](O)[C@@H](CO)O3)c(=O)[nH]c2=O)c1. The third kappa shape index (κ3) is 3.18. The van der Waals surface area contributed by atoms with Crippen LogP contribution >= 0.6 is 11.8 Å². The Morgan fingerprint density at radius 2 is 2.21 bits per heavy atom. The molecule has 2 aromatic rings. The van der Waals surface area contributed by atoms with Gasteiger partial charge in [0.25, 0.3) is 5.56 Å². The van der Waals surface area contributed by atoms with Gasteiger partial charge in [-0.1, -0.05) is 12.1 Å². The molecule has 0 bridgehead atoms. The Kier molecular flexibility index (Phi) is 4.91. The van der Waals surface area contributed by atoms with Crippen LogP contribution in [0.3, 0.4) is 0 Å². The summed E-state index contributed by atoms with van der Waals surface area (Å²) in [6.07, 6.45) is 1.22. The number of ether oxygens (including phenoxy) is 1. The molecule has 0 amide bonds. The lowest BCUT2D eigenvalue weighted by molar-refractivity contribution is -0.0458. The number of nitrogens with zero attached hydrogens (tertiary/aromatic N) is 1. The predicted molar refractivity (Wildman–Crippen MR) is 90.2 cm³/mol. The van der Waals surface area contributed by atoms with Gasteiger partial charge in [0.1, 0.15) is 12.3 Å². The van der Waals surface area contributed by atoms with Crippen LogP contribution in [0.4, 0.5) is 0 Å². The Bertz CT molecular complexity index is 847. The molecule has 1 saturated heterocycles. The lowest BCUT2D eigenvalue weighted by Crippen LogP contribution is -2.33. The molecule has 3 rings (SSSR count). The molecule has 3 N–H and O–H groups in total. The van der Waals surface area contributed by atoms with E-state index in [1.807, 2.05) is 24.5 Å². The largest absolute Gasteiger partial charge is 0.394 e. The van der Waals surface area contributed by atoms with Crippen LogP contribution in [0.2, 0.25) is 0 Å². The van der Waals surface area contributed by atoms with Crippen molar-refractivity contribution >= 4 is 11.8 Å². The molecule has 7 nitrogen and oxygen atoms in total. The Morgan fingerprint density at radius 3 is 2.88 bits per heavy atom. The van der Waals surface area contributed by atoms with Crippen LogP contribution in [0.15, 0.2) is 44.9 Å². The third-order valence-corrected chi connectivity index (χ3v) is 4.77. The summed E-state index contributed by atoms with van der Waals surface area (Å²) in [6, 6.07) is 7.43. The minimum Gasteiger partial charge on any atom is -0.394 e. The second kappa shape index (κ2) is 6.94. The number of benzene rings is 1. The van der Waals surface area contributed by atoms with E-state index >= 15 is 0 Å². The van der Waals surface area contributed by atoms with Crippen LogP contribution in [-0.2, 0) is 4.74 Å². The molecule has 1 aromatic heterocycles. The number of aliphatic hydroxyl groups excluding tert-OH is 2. The smallest absolute Gasteiger partial charge is 0.330 e. The molecule has 1 aliphatic heterocycles. The second-order valence-electron chi connectivity index (χ2n) is 5.56. The standard InChI is InChI=1S/C16H18N2O5S/c1-24-10-4-2-3-9(5-10)11-7-18(16(22)17-15(11)21)14-6-12(20)13(8-19)23-14/h2-5,7,12-14,19-20H,6,8H2,1H3,(H,17,21,22)/t12-,13+,14+/m0/s1. The number of aromatic nitrogens is 2. The predicted octanol–water partition coefficient (Wildman–Crippen LogP) is 0.566. The molecule has 128 valence electrons. The van der Waals surface area contributed by atoms with Crippen LogP contribution in [-0.4, -0.2) is 44.8 Å². The van der Waals surface area contributed by atoms with Crippen molar-refractivity contribution in [3.63, 3.8) is 0 Å². The van der Waals surface area contributed by atoms with Crippen molar-refractivity contribution in [2.45, 2.75) is 29.8 Å². The second-order valence-corrected chi connectivity index (χ2v) is 6.44. The summed E-state index contributed by atoms with van der Waals surface area (Å²) in [7, 11) is 0. The molecule has 1 fully saturated rings. The topological polar surface area (TPSA) is 105 Å². The summed E-state index contributed by atoms with van der Waals surface area (Å²) in [5.41, 5.74) is -0.0579. The highest BCUT2D eigenvalue weighted by molar-refractivity contribution is 7.98. The van der Waals surface area contributed by atoms with Gasteiger partial charge in [-0.25, -0.2) is 4.79 Å². The fraction of sp³-hybridized carbons (Fsp3) is 0.375. The minimum absolute atomic E-state index is 0.168. The van der Waals surface area contributed by atoms with Crippen LogP contribution in [0.5, 0.6) is 0 Å². The fourth-order valence-electron chi connectivity index (χ4n) is 2.75. The molecule has 0 spiro atoms. The van der Waals surface area contributed by atoms with E-state index in [4.69, 9.17) is 4.74 Å². The van der Waals surface area contributed by atoms with Gasteiger partial charge in [-0.15, -0.1) is 11.8 Å². The van der Waals surface area contributed by atoms with Gasteiger partial charge in [0.15, 0.2) is 0 Å². The molecule has 8 heteroatoms. The van der Waals surface area contributed by atoms with E-state index in [1.165, 1.54) is 10.8 Å². The molecule has 24 heavy (non-hydrogen) atoms. The summed E-state index contributed by atoms with van der Waals surface area (Å²) in [5.74, 6) is 0. The van der Waals surface area contributed by atoms with E-state index in [0.29, 0.717) is 11.1 Å². The maximum Gasteiger partial charge on any atom is 0.330 e. The first-order chi connectivity index (χ1) is 11.5. The average Bonchev–Trinajstić information content (AvgIpc) is 2.95. The van der Waals surface area contributed by atoms with Gasteiger partial charge in [0.2, 0.25) is 0 Å². The van der Waals surface area contributed by atoms with Gasteiger partial charge in [0, 0.05) is 17.5 Å². The van der Waals surface area contributed by atoms with Crippen molar-refractivity contribution in [2.24, 2.45) is 0 Å². The summed E-state index contributed by atoms with van der Waals surface area (Å²) < 4.78 is 6.75. The number of hydrogen-bond donors (Lipinski definition) is 3. The molecule has 0 radical (unpaired) electrons. The van der Waals surface area contributed by atoms with Crippen molar-refractivity contribution in [3.05, 3.63) is 51.3 Å². The Hall–Kier alpha value is -1.87. The lowest BCUT2D eigenvalue weighted by atomic mass is 10.1. The normalized spacial score (nSPS) is 23.5. The van der Waals surface area contributed by atoms with E-state index in [9.17, 15) is 19.8 Å². The van der Waals surface area contributed by atoms with E-state index < -0.39 is 29.7 Å². The molecular weight excluding hydrogens is 332 g/mol. The number of thioether (sulfide) groups is 1. The number of H-pyrrole nitrogens is 1. The van der Waals surface area contributed by atoms with Gasteiger partial charge in [-0.05, 0) is 24.0 Å². The Labute approximate surface area is 141 Å². The van der Waals surface area contributed by atoms with Crippen LogP contribution < -0.4 is 11.2 Å². The van der Waals surface area contributed by atoms with E-state index in [0.717, 1.165) is 4.90 Å².